The van der Waals surface area contributed by atoms with Gasteiger partial charge in [0.25, 0.3) is 0 Å². The van der Waals surface area contributed by atoms with Crippen molar-refractivity contribution in [2.75, 3.05) is 13.7 Å². The maximum Gasteiger partial charge on any atom is 0.165 e. The van der Waals surface area contributed by atoms with E-state index in [0.29, 0.717) is 6.54 Å². The first-order valence-corrected chi connectivity index (χ1v) is 5.84. The molecule has 0 unspecified atom stereocenters. The normalized spacial score (nSPS) is 14.9. The minimum absolute atomic E-state index is 0.482. The van der Waals surface area contributed by atoms with Gasteiger partial charge in [0.2, 0.25) is 0 Å². The predicted octanol–water partition coefficient (Wildman–Crippen LogP) is 2.33. The SMILES string of the molecule is COc1cccc(CN)c1OCCC1CC1. The molecule has 1 aliphatic carbocycles. The lowest BCUT2D eigenvalue weighted by Gasteiger charge is -2.13. The van der Waals surface area contributed by atoms with E-state index in [-0.39, 0.29) is 0 Å². The van der Waals surface area contributed by atoms with Gasteiger partial charge in [-0.3, -0.25) is 0 Å². The van der Waals surface area contributed by atoms with Gasteiger partial charge in [0.15, 0.2) is 11.5 Å². The summed E-state index contributed by atoms with van der Waals surface area (Å²) in [4.78, 5) is 0. The summed E-state index contributed by atoms with van der Waals surface area (Å²) in [7, 11) is 1.66. The molecule has 0 aliphatic heterocycles. The molecule has 0 bridgehead atoms. The molecule has 1 aromatic rings. The topological polar surface area (TPSA) is 44.5 Å². The van der Waals surface area contributed by atoms with Crippen LogP contribution in [0.3, 0.4) is 0 Å². The summed E-state index contributed by atoms with van der Waals surface area (Å²) in [6.45, 7) is 1.24. The van der Waals surface area contributed by atoms with Crippen LogP contribution in [0.25, 0.3) is 0 Å². The fourth-order valence-electron chi connectivity index (χ4n) is 1.78. The van der Waals surface area contributed by atoms with E-state index < -0.39 is 0 Å². The monoisotopic (exact) mass is 221 g/mol. The molecular formula is C13H19NO2. The second-order valence-corrected chi connectivity index (χ2v) is 4.23. The molecule has 1 aromatic carbocycles. The number of methoxy groups -OCH3 is 1. The number of rotatable bonds is 6. The zero-order valence-corrected chi connectivity index (χ0v) is 9.74. The first-order chi connectivity index (χ1) is 7.85. The summed E-state index contributed by atoms with van der Waals surface area (Å²) in [6, 6.07) is 5.83. The maximum atomic E-state index is 5.80. The van der Waals surface area contributed by atoms with Gasteiger partial charge in [-0.15, -0.1) is 0 Å². The molecule has 0 amide bonds. The molecule has 0 saturated heterocycles. The van der Waals surface area contributed by atoms with Crippen molar-refractivity contribution in [2.45, 2.75) is 25.8 Å². The van der Waals surface area contributed by atoms with Gasteiger partial charge in [-0.05, 0) is 18.4 Å². The average Bonchev–Trinajstić information content (AvgIpc) is 3.13. The molecule has 1 fully saturated rings. The van der Waals surface area contributed by atoms with Crippen LogP contribution >= 0.6 is 0 Å². The van der Waals surface area contributed by atoms with Gasteiger partial charge in [0.05, 0.1) is 13.7 Å². The van der Waals surface area contributed by atoms with Gasteiger partial charge in [-0.2, -0.15) is 0 Å². The summed E-state index contributed by atoms with van der Waals surface area (Å²) >= 11 is 0. The number of hydrogen-bond acceptors (Lipinski definition) is 3. The predicted molar refractivity (Wildman–Crippen MR) is 63.7 cm³/mol. The molecule has 2 rings (SSSR count). The van der Waals surface area contributed by atoms with Crippen molar-refractivity contribution in [3.63, 3.8) is 0 Å². The molecule has 0 atom stereocenters. The fourth-order valence-corrected chi connectivity index (χ4v) is 1.78. The highest BCUT2D eigenvalue weighted by Crippen LogP contribution is 2.34. The number of benzene rings is 1. The second kappa shape index (κ2) is 5.21. The molecule has 0 radical (unpaired) electrons. The lowest BCUT2D eigenvalue weighted by Crippen LogP contribution is -2.05. The zero-order chi connectivity index (χ0) is 11.4. The molecule has 0 heterocycles. The number of nitrogens with two attached hydrogens (primary N) is 1. The van der Waals surface area contributed by atoms with Gasteiger partial charge in [-0.1, -0.05) is 25.0 Å². The van der Waals surface area contributed by atoms with Crippen molar-refractivity contribution in [1.29, 1.82) is 0 Å². The third kappa shape index (κ3) is 2.67. The van der Waals surface area contributed by atoms with Crippen LogP contribution in [0.2, 0.25) is 0 Å². The Morgan fingerprint density at radius 2 is 2.19 bits per heavy atom. The first-order valence-electron chi connectivity index (χ1n) is 5.84. The Bertz CT molecular complexity index is 326. The summed E-state index contributed by atoms with van der Waals surface area (Å²) in [5.74, 6) is 2.47. The van der Waals surface area contributed by atoms with E-state index in [9.17, 15) is 0 Å². The van der Waals surface area contributed by atoms with Crippen molar-refractivity contribution in [3.8, 4) is 11.5 Å². The summed E-state index contributed by atoms with van der Waals surface area (Å²) in [6.07, 6.45) is 3.86. The Morgan fingerprint density at radius 1 is 1.38 bits per heavy atom. The van der Waals surface area contributed by atoms with Gasteiger partial charge < -0.3 is 15.2 Å². The average molecular weight is 221 g/mol. The van der Waals surface area contributed by atoms with E-state index >= 15 is 0 Å². The molecule has 16 heavy (non-hydrogen) atoms. The molecule has 0 aromatic heterocycles. The third-order valence-electron chi connectivity index (χ3n) is 2.97. The molecule has 1 aliphatic rings. The lowest BCUT2D eigenvalue weighted by molar-refractivity contribution is 0.280. The quantitative estimate of drug-likeness (QED) is 0.801. The Labute approximate surface area is 96.5 Å². The number of ether oxygens (including phenoxy) is 2. The van der Waals surface area contributed by atoms with E-state index in [1.54, 1.807) is 7.11 Å². The smallest absolute Gasteiger partial charge is 0.165 e. The van der Waals surface area contributed by atoms with Crippen molar-refractivity contribution >= 4 is 0 Å². The standard InChI is InChI=1S/C13H19NO2/c1-15-12-4-2-3-11(9-14)13(12)16-8-7-10-5-6-10/h2-4,10H,5-9,14H2,1H3. The number of para-hydroxylation sites is 1. The van der Waals surface area contributed by atoms with Gasteiger partial charge in [-0.25, -0.2) is 0 Å². The molecule has 3 nitrogen and oxygen atoms in total. The van der Waals surface area contributed by atoms with Crippen LogP contribution in [-0.4, -0.2) is 13.7 Å². The first kappa shape index (κ1) is 11.3. The van der Waals surface area contributed by atoms with Crippen LogP contribution in [0.15, 0.2) is 18.2 Å². The van der Waals surface area contributed by atoms with Crippen molar-refractivity contribution < 1.29 is 9.47 Å². The van der Waals surface area contributed by atoms with Crippen molar-refractivity contribution in [1.82, 2.24) is 0 Å². The fraction of sp³-hybridized carbons (Fsp3) is 0.538. The minimum Gasteiger partial charge on any atom is -0.493 e. The molecule has 0 spiro atoms. The van der Waals surface area contributed by atoms with E-state index in [2.05, 4.69) is 0 Å². The largest absolute Gasteiger partial charge is 0.493 e. The number of hydrogen-bond donors (Lipinski definition) is 1. The second-order valence-electron chi connectivity index (χ2n) is 4.23. The molecule has 88 valence electrons. The van der Waals surface area contributed by atoms with Crippen molar-refractivity contribution in [3.05, 3.63) is 23.8 Å². The molecule has 1 saturated carbocycles. The zero-order valence-electron chi connectivity index (χ0n) is 9.74. The van der Waals surface area contributed by atoms with Crippen LogP contribution in [0.1, 0.15) is 24.8 Å². The summed E-state index contributed by atoms with van der Waals surface area (Å²) < 4.78 is 11.1. The Balaban J connectivity index is 2.02. The Morgan fingerprint density at radius 3 is 2.81 bits per heavy atom. The Hall–Kier alpha value is -1.22. The highest BCUT2D eigenvalue weighted by molar-refractivity contribution is 5.46. The van der Waals surface area contributed by atoms with Gasteiger partial charge in [0, 0.05) is 12.1 Å². The van der Waals surface area contributed by atoms with Crippen LogP contribution in [0, 0.1) is 5.92 Å². The van der Waals surface area contributed by atoms with Gasteiger partial charge in [0.1, 0.15) is 0 Å². The minimum atomic E-state index is 0.482. The highest BCUT2D eigenvalue weighted by Gasteiger charge is 2.21. The van der Waals surface area contributed by atoms with Crippen LogP contribution in [0.5, 0.6) is 11.5 Å². The van der Waals surface area contributed by atoms with Crippen molar-refractivity contribution in [2.24, 2.45) is 11.7 Å². The van der Waals surface area contributed by atoms with Crippen LogP contribution < -0.4 is 15.2 Å². The summed E-state index contributed by atoms with van der Waals surface area (Å²) in [5, 5.41) is 0. The molecule has 3 heteroatoms. The van der Waals surface area contributed by atoms with Crippen LogP contribution in [-0.2, 0) is 6.54 Å². The molecular weight excluding hydrogens is 202 g/mol. The highest BCUT2D eigenvalue weighted by atomic mass is 16.5. The Kier molecular flexibility index (Phi) is 3.67. The lowest BCUT2D eigenvalue weighted by atomic mass is 10.2. The van der Waals surface area contributed by atoms with E-state index in [4.69, 9.17) is 15.2 Å². The maximum absolute atomic E-state index is 5.80. The van der Waals surface area contributed by atoms with Gasteiger partial charge >= 0.3 is 0 Å². The van der Waals surface area contributed by atoms with Crippen LogP contribution in [0.4, 0.5) is 0 Å². The summed E-state index contributed by atoms with van der Waals surface area (Å²) in [5.41, 5.74) is 6.69. The van der Waals surface area contributed by atoms with E-state index in [1.165, 1.54) is 12.8 Å². The van der Waals surface area contributed by atoms with E-state index in [1.807, 2.05) is 18.2 Å². The van der Waals surface area contributed by atoms with E-state index in [0.717, 1.165) is 36.0 Å². The molecule has 2 N–H and O–H groups in total. The third-order valence-corrected chi connectivity index (χ3v) is 2.97.